The van der Waals surface area contributed by atoms with Crippen molar-refractivity contribution in [2.45, 2.75) is 25.7 Å². The van der Waals surface area contributed by atoms with E-state index in [2.05, 4.69) is 20.1 Å². The molecule has 0 aliphatic carbocycles. The highest BCUT2D eigenvalue weighted by atomic mass is 19.1. The maximum absolute atomic E-state index is 14.4. The molecule has 8 heteroatoms. The Balaban J connectivity index is 1.45. The molecule has 1 atom stereocenters. The summed E-state index contributed by atoms with van der Waals surface area (Å²) >= 11 is 0. The van der Waals surface area contributed by atoms with E-state index in [1.54, 1.807) is 44.0 Å². The largest absolute Gasteiger partial charge is 0.337 e. The first kappa shape index (κ1) is 22.6. The van der Waals surface area contributed by atoms with Crippen molar-refractivity contribution in [1.29, 1.82) is 0 Å². The van der Waals surface area contributed by atoms with Crippen LogP contribution >= 0.6 is 0 Å². The summed E-state index contributed by atoms with van der Waals surface area (Å²) < 4.78 is 18.1. The molecule has 4 heterocycles. The number of aryl methyl sites for hydroxylation is 3. The van der Waals surface area contributed by atoms with Gasteiger partial charge in [0.15, 0.2) is 5.78 Å². The third kappa shape index (κ3) is 4.59. The Kier molecular flexibility index (Phi) is 5.94. The first-order chi connectivity index (χ1) is 16.9. The van der Waals surface area contributed by atoms with Crippen molar-refractivity contribution >= 4 is 16.7 Å². The van der Waals surface area contributed by atoms with Crippen molar-refractivity contribution < 1.29 is 9.18 Å². The number of benzene rings is 1. The minimum atomic E-state index is -0.347. The van der Waals surface area contributed by atoms with E-state index in [1.807, 2.05) is 47.6 Å². The lowest BCUT2D eigenvalue weighted by molar-refractivity contribution is 0.0972. The van der Waals surface area contributed by atoms with Crippen LogP contribution < -0.4 is 0 Å². The van der Waals surface area contributed by atoms with E-state index in [1.165, 1.54) is 6.07 Å². The molecule has 0 radical (unpaired) electrons. The number of ketones is 1. The smallest absolute Gasteiger partial charge is 0.182 e. The lowest BCUT2D eigenvalue weighted by Crippen LogP contribution is -2.13. The maximum atomic E-state index is 14.4. The van der Waals surface area contributed by atoms with Gasteiger partial charge >= 0.3 is 0 Å². The van der Waals surface area contributed by atoms with E-state index < -0.39 is 0 Å². The standard InChI is InChI=1S/C27H25FN6O/c1-17-4-5-18(10-23(17)28)22(26-15-29-16-33(26)2)13-27(35)24-7-6-19-14-30-20(12-25(19)32-24)11-21-8-9-31-34(21)3/h4-10,12,14-16,22H,11,13H2,1-3H3/t22-/m0/s1. The van der Waals surface area contributed by atoms with Gasteiger partial charge in [-0.15, -0.1) is 0 Å². The van der Waals surface area contributed by atoms with Gasteiger partial charge in [-0.25, -0.2) is 14.4 Å². The molecule has 0 amide bonds. The van der Waals surface area contributed by atoms with E-state index in [-0.39, 0.29) is 23.9 Å². The van der Waals surface area contributed by atoms with Crippen LogP contribution in [0.15, 0.2) is 67.4 Å². The number of rotatable bonds is 7. The van der Waals surface area contributed by atoms with Gasteiger partial charge in [0.05, 0.1) is 11.8 Å². The first-order valence-corrected chi connectivity index (χ1v) is 11.4. The number of imidazole rings is 1. The number of hydrogen-bond donors (Lipinski definition) is 0. The number of carbonyl (C=O) groups excluding carboxylic acids is 1. The van der Waals surface area contributed by atoms with E-state index >= 15 is 0 Å². The van der Waals surface area contributed by atoms with Gasteiger partial charge in [0.2, 0.25) is 0 Å². The number of hydrogen-bond acceptors (Lipinski definition) is 5. The Morgan fingerprint density at radius 3 is 2.66 bits per heavy atom. The highest BCUT2D eigenvalue weighted by Gasteiger charge is 2.23. The predicted molar refractivity (Wildman–Crippen MR) is 131 cm³/mol. The van der Waals surface area contributed by atoms with Crippen molar-refractivity contribution in [2.75, 3.05) is 0 Å². The van der Waals surface area contributed by atoms with Gasteiger partial charge in [-0.05, 0) is 48.4 Å². The highest BCUT2D eigenvalue weighted by Crippen LogP contribution is 2.30. The summed E-state index contributed by atoms with van der Waals surface area (Å²) in [6.07, 6.45) is 7.70. The fraction of sp³-hybridized carbons (Fsp3) is 0.222. The third-order valence-corrected chi connectivity index (χ3v) is 6.40. The van der Waals surface area contributed by atoms with Crippen molar-refractivity contribution in [3.8, 4) is 0 Å². The molecule has 5 aromatic rings. The molecule has 0 aliphatic heterocycles. The van der Waals surface area contributed by atoms with Crippen molar-refractivity contribution in [1.82, 2.24) is 29.3 Å². The minimum absolute atomic E-state index is 0.121. The summed E-state index contributed by atoms with van der Waals surface area (Å²) in [6, 6.07) is 12.6. The fourth-order valence-corrected chi connectivity index (χ4v) is 4.28. The third-order valence-electron chi connectivity index (χ3n) is 6.40. The zero-order valence-electron chi connectivity index (χ0n) is 19.8. The van der Waals surface area contributed by atoms with Crippen molar-refractivity contribution in [3.63, 3.8) is 0 Å². The Labute approximate surface area is 202 Å². The van der Waals surface area contributed by atoms with Crippen LogP contribution in [0.25, 0.3) is 10.9 Å². The second-order valence-corrected chi connectivity index (χ2v) is 8.81. The Morgan fingerprint density at radius 2 is 1.94 bits per heavy atom. The molecule has 1 aromatic carbocycles. The molecule has 0 bridgehead atoms. The molecule has 176 valence electrons. The number of pyridine rings is 2. The van der Waals surface area contributed by atoms with Crippen LogP contribution in [-0.2, 0) is 20.5 Å². The first-order valence-electron chi connectivity index (χ1n) is 11.4. The van der Waals surface area contributed by atoms with Gasteiger partial charge in [0.1, 0.15) is 11.5 Å². The molecule has 0 aliphatic rings. The molecule has 7 nitrogen and oxygen atoms in total. The topological polar surface area (TPSA) is 78.5 Å². The van der Waals surface area contributed by atoms with E-state index in [0.717, 1.165) is 28.0 Å². The lowest BCUT2D eigenvalue weighted by Gasteiger charge is -2.18. The van der Waals surface area contributed by atoms with Crippen LogP contribution in [0.3, 0.4) is 0 Å². The average Bonchev–Trinajstić information content (AvgIpc) is 3.46. The second-order valence-electron chi connectivity index (χ2n) is 8.81. The maximum Gasteiger partial charge on any atom is 0.182 e. The highest BCUT2D eigenvalue weighted by molar-refractivity contribution is 5.97. The SMILES string of the molecule is Cc1ccc([C@H](CC(=O)c2ccc3cnc(Cc4ccnn4C)cc3n2)c2cncn2C)cc1F. The van der Waals surface area contributed by atoms with Crippen LogP contribution in [0.4, 0.5) is 4.39 Å². The monoisotopic (exact) mass is 468 g/mol. The fourth-order valence-electron chi connectivity index (χ4n) is 4.28. The van der Waals surface area contributed by atoms with E-state index in [4.69, 9.17) is 0 Å². The van der Waals surface area contributed by atoms with Crippen LogP contribution in [0.1, 0.15) is 51.0 Å². The van der Waals surface area contributed by atoms with Crippen molar-refractivity contribution in [2.24, 2.45) is 14.1 Å². The van der Waals surface area contributed by atoms with Gasteiger partial charge in [0.25, 0.3) is 0 Å². The van der Waals surface area contributed by atoms with Gasteiger partial charge in [-0.2, -0.15) is 5.10 Å². The van der Waals surface area contributed by atoms with Gasteiger partial charge in [-0.1, -0.05) is 12.1 Å². The molecule has 35 heavy (non-hydrogen) atoms. The number of Topliss-reactive ketones (excluding diaryl/α,β-unsaturated/α-hetero) is 1. The number of aromatic nitrogens is 6. The Morgan fingerprint density at radius 1 is 1.09 bits per heavy atom. The van der Waals surface area contributed by atoms with Crippen LogP contribution in [0.2, 0.25) is 0 Å². The molecule has 0 saturated carbocycles. The zero-order valence-corrected chi connectivity index (χ0v) is 19.8. The summed E-state index contributed by atoms with van der Waals surface area (Å²) in [7, 11) is 3.76. The average molecular weight is 469 g/mol. The normalized spacial score (nSPS) is 12.2. The Hall–Kier alpha value is -4.20. The molecular weight excluding hydrogens is 443 g/mol. The van der Waals surface area contributed by atoms with Crippen LogP contribution in [0.5, 0.6) is 0 Å². The summed E-state index contributed by atoms with van der Waals surface area (Å²) in [5, 5.41) is 5.06. The van der Waals surface area contributed by atoms with Crippen LogP contribution in [0, 0.1) is 12.7 Å². The molecule has 4 aromatic heterocycles. The van der Waals surface area contributed by atoms with Crippen LogP contribution in [-0.4, -0.2) is 35.1 Å². The number of nitrogens with zero attached hydrogens (tertiary/aromatic N) is 6. The molecule has 0 unspecified atom stereocenters. The summed E-state index contributed by atoms with van der Waals surface area (Å²) in [5.41, 5.74) is 5.10. The number of fused-ring (bicyclic) bond motifs is 1. The molecular formula is C27H25FN6O. The molecule has 0 N–H and O–H groups in total. The summed E-state index contributed by atoms with van der Waals surface area (Å²) in [4.78, 5) is 26.8. The molecule has 0 saturated heterocycles. The summed E-state index contributed by atoms with van der Waals surface area (Å²) in [6.45, 7) is 1.72. The number of carbonyl (C=O) groups is 1. The van der Waals surface area contributed by atoms with Gasteiger partial charge < -0.3 is 4.57 Å². The van der Waals surface area contributed by atoms with Crippen molar-refractivity contribution in [3.05, 3.63) is 107 Å². The van der Waals surface area contributed by atoms with Gasteiger partial charge in [-0.3, -0.25) is 14.5 Å². The van der Waals surface area contributed by atoms with E-state index in [0.29, 0.717) is 23.2 Å². The molecule has 5 rings (SSSR count). The molecule has 0 fully saturated rings. The second kappa shape index (κ2) is 9.21. The lowest BCUT2D eigenvalue weighted by atomic mass is 9.89. The summed E-state index contributed by atoms with van der Waals surface area (Å²) in [5.74, 6) is -0.760. The van der Waals surface area contributed by atoms with E-state index in [9.17, 15) is 9.18 Å². The quantitative estimate of drug-likeness (QED) is 0.328. The zero-order chi connectivity index (χ0) is 24.5. The molecule has 0 spiro atoms. The predicted octanol–water partition coefficient (Wildman–Crippen LogP) is 4.54. The minimum Gasteiger partial charge on any atom is -0.337 e. The van der Waals surface area contributed by atoms with Gasteiger partial charge in [0, 0.05) is 73.9 Å². The Bertz CT molecular complexity index is 1540. The number of halogens is 1.